The van der Waals surface area contributed by atoms with Gasteiger partial charge in [0.2, 0.25) is 0 Å². The fourth-order valence-corrected chi connectivity index (χ4v) is 6.84. The highest BCUT2D eigenvalue weighted by Crippen LogP contribution is 2.69. The summed E-state index contributed by atoms with van der Waals surface area (Å²) in [6, 6.07) is 0. The average Bonchev–Trinajstić information content (AvgIpc) is 2.86. The van der Waals surface area contributed by atoms with Crippen molar-refractivity contribution in [3.05, 3.63) is 23.8 Å². The highest BCUT2D eigenvalue weighted by Gasteiger charge is 2.77. The Kier molecular flexibility index (Phi) is 4.32. The number of hydrogen-bond donors (Lipinski definition) is 4. The molecule has 0 radical (unpaired) electrons. The zero-order chi connectivity index (χ0) is 21.6. The van der Waals surface area contributed by atoms with Crippen LogP contribution in [0.5, 0.6) is 0 Å². The van der Waals surface area contributed by atoms with Crippen LogP contribution < -0.4 is 0 Å². The van der Waals surface area contributed by atoms with E-state index in [2.05, 4.69) is 0 Å². The third-order valence-electron chi connectivity index (χ3n) is 8.42. The molecule has 1 unspecified atom stereocenters. The average molecular weight is 412 g/mol. The van der Waals surface area contributed by atoms with Crippen LogP contribution in [0.3, 0.4) is 0 Å². The van der Waals surface area contributed by atoms with Crippen molar-refractivity contribution >= 4 is 11.6 Å². The van der Waals surface area contributed by atoms with E-state index in [-0.39, 0.29) is 24.8 Å². The van der Waals surface area contributed by atoms with E-state index in [0.29, 0.717) is 0 Å². The SMILES string of the molecule is C[C@]12C=CC(=O)C=C1[C@@H](F)C[C@H]1[C@@H]3C[C@@H](O)[C@](O)(C(=O)CO)[C@@]3(C)C[C@H](O)C12F. The molecule has 0 aromatic carbocycles. The Bertz CT molecular complexity index is 841. The monoisotopic (exact) mass is 412 g/mol. The Morgan fingerprint density at radius 2 is 1.86 bits per heavy atom. The summed E-state index contributed by atoms with van der Waals surface area (Å²) in [7, 11) is 0. The first kappa shape index (κ1) is 20.8. The highest BCUT2D eigenvalue weighted by molar-refractivity contribution is 6.01. The van der Waals surface area contributed by atoms with E-state index in [1.54, 1.807) is 0 Å². The molecule has 3 saturated carbocycles. The van der Waals surface area contributed by atoms with Crippen LogP contribution in [0.2, 0.25) is 0 Å². The third kappa shape index (κ3) is 2.18. The van der Waals surface area contributed by atoms with Gasteiger partial charge in [-0.25, -0.2) is 8.78 Å². The van der Waals surface area contributed by atoms with Crippen molar-refractivity contribution in [1.82, 2.24) is 0 Å². The largest absolute Gasteiger partial charge is 0.390 e. The molecule has 0 amide bonds. The quantitative estimate of drug-likeness (QED) is 0.527. The van der Waals surface area contributed by atoms with Gasteiger partial charge in [0.05, 0.1) is 12.2 Å². The molecule has 0 saturated heterocycles. The lowest BCUT2D eigenvalue weighted by atomic mass is 9.44. The first-order valence-electron chi connectivity index (χ1n) is 9.88. The molecule has 160 valence electrons. The van der Waals surface area contributed by atoms with Crippen LogP contribution in [0, 0.1) is 22.7 Å². The van der Waals surface area contributed by atoms with E-state index in [9.17, 15) is 30.0 Å². The summed E-state index contributed by atoms with van der Waals surface area (Å²) >= 11 is 0. The topological polar surface area (TPSA) is 115 Å². The molecular weight excluding hydrogens is 386 g/mol. The molecule has 4 rings (SSSR count). The van der Waals surface area contributed by atoms with E-state index >= 15 is 8.78 Å². The normalized spacial score (nSPS) is 53.7. The van der Waals surface area contributed by atoms with Crippen molar-refractivity contribution in [3.63, 3.8) is 0 Å². The molecule has 29 heavy (non-hydrogen) atoms. The maximum Gasteiger partial charge on any atom is 0.192 e. The van der Waals surface area contributed by atoms with Gasteiger partial charge in [-0.15, -0.1) is 0 Å². The van der Waals surface area contributed by atoms with E-state index in [1.165, 1.54) is 19.9 Å². The van der Waals surface area contributed by atoms with E-state index in [1.807, 2.05) is 0 Å². The van der Waals surface area contributed by atoms with Crippen molar-refractivity contribution in [2.24, 2.45) is 22.7 Å². The lowest BCUT2D eigenvalue weighted by Crippen LogP contribution is -2.70. The molecule has 4 aliphatic carbocycles. The third-order valence-corrected chi connectivity index (χ3v) is 8.42. The first-order chi connectivity index (χ1) is 13.4. The van der Waals surface area contributed by atoms with E-state index < -0.39 is 70.5 Å². The van der Waals surface area contributed by atoms with Crippen LogP contribution in [0.1, 0.15) is 33.1 Å². The van der Waals surface area contributed by atoms with Crippen molar-refractivity contribution in [3.8, 4) is 0 Å². The molecule has 4 N–H and O–H groups in total. The van der Waals surface area contributed by atoms with Gasteiger partial charge in [-0.05, 0) is 49.8 Å². The van der Waals surface area contributed by atoms with Crippen LogP contribution in [0.25, 0.3) is 0 Å². The number of ketones is 2. The maximum absolute atomic E-state index is 16.8. The second-order valence-corrected chi connectivity index (χ2v) is 9.46. The van der Waals surface area contributed by atoms with Gasteiger partial charge < -0.3 is 20.4 Å². The number of hydrogen-bond acceptors (Lipinski definition) is 6. The van der Waals surface area contributed by atoms with Crippen molar-refractivity contribution in [2.45, 2.75) is 62.8 Å². The summed E-state index contributed by atoms with van der Waals surface area (Å²) < 4.78 is 32.0. The molecule has 6 nitrogen and oxygen atoms in total. The second kappa shape index (κ2) is 6.03. The molecule has 0 aromatic rings. The molecule has 0 aliphatic heterocycles. The lowest BCUT2D eigenvalue weighted by Gasteiger charge is -2.62. The zero-order valence-electron chi connectivity index (χ0n) is 16.3. The summed E-state index contributed by atoms with van der Waals surface area (Å²) in [6.45, 7) is 1.91. The van der Waals surface area contributed by atoms with Gasteiger partial charge in [-0.2, -0.15) is 0 Å². The zero-order valence-corrected chi connectivity index (χ0v) is 16.3. The van der Waals surface area contributed by atoms with Crippen molar-refractivity contribution in [1.29, 1.82) is 0 Å². The molecule has 0 aromatic heterocycles. The molecule has 8 heteroatoms. The standard InChI is InChI=1S/C21H26F2O6/c1-18-4-3-10(25)5-13(18)14(22)6-12-11-7-15(26)21(29,17(28)9-24)19(11,2)8-16(27)20(12,18)23/h3-5,11-12,14-16,24,26-27,29H,6-9H2,1-2H3/t11-,12-,14-,15+,16-,18-,19-,20?,21-/m0/s1. The molecule has 0 heterocycles. The van der Waals surface area contributed by atoms with Gasteiger partial charge in [-0.3, -0.25) is 9.59 Å². The fraction of sp³-hybridized carbons (Fsp3) is 0.714. The van der Waals surface area contributed by atoms with Gasteiger partial charge in [0.25, 0.3) is 0 Å². The fourth-order valence-electron chi connectivity index (χ4n) is 6.84. The smallest absolute Gasteiger partial charge is 0.192 e. The summed E-state index contributed by atoms with van der Waals surface area (Å²) in [5.41, 5.74) is -7.76. The summed E-state index contributed by atoms with van der Waals surface area (Å²) in [6.07, 6.45) is -2.21. The van der Waals surface area contributed by atoms with Crippen LogP contribution in [-0.4, -0.2) is 68.2 Å². The van der Waals surface area contributed by atoms with Gasteiger partial charge in [-0.1, -0.05) is 13.0 Å². The number of carbonyl (C=O) groups excluding carboxylic acids is 2. The van der Waals surface area contributed by atoms with Gasteiger partial charge in [0.1, 0.15) is 12.8 Å². The van der Waals surface area contributed by atoms with E-state index in [4.69, 9.17) is 0 Å². The lowest BCUT2D eigenvalue weighted by molar-refractivity contribution is -0.226. The van der Waals surface area contributed by atoms with Crippen molar-refractivity contribution in [2.75, 3.05) is 6.61 Å². The number of halogens is 2. The maximum atomic E-state index is 16.8. The number of rotatable bonds is 2. The highest BCUT2D eigenvalue weighted by atomic mass is 19.1. The predicted octanol–water partition coefficient (Wildman–Crippen LogP) is 0.569. The van der Waals surface area contributed by atoms with Gasteiger partial charge in [0.15, 0.2) is 22.8 Å². The molecule has 9 atom stereocenters. The van der Waals surface area contributed by atoms with Gasteiger partial charge in [0, 0.05) is 16.7 Å². The molecule has 3 fully saturated rings. The van der Waals surface area contributed by atoms with Crippen LogP contribution >= 0.6 is 0 Å². The number of alkyl halides is 2. The summed E-state index contributed by atoms with van der Waals surface area (Å²) in [5, 5.41) is 42.0. The second-order valence-electron chi connectivity index (χ2n) is 9.46. The molecule has 4 aliphatic rings. The Morgan fingerprint density at radius 3 is 2.48 bits per heavy atom. The van der Waals surface area contributed by atoms with Crippen LogP contribution in [0.4, 0.5) is 8.78 Å². The minimum Gasteiger partial charge on any atom is -0.390 e. The minimum absolute atomic E-state index is 0.0216. The minimum atomic E-state index is -2.37. The number of allylic oxidation sites excluding steroid dienone is 4. The van der Waals surface area contributed by atoms with Crippen LogP contribution in [0.15, 0.2) is 23.8 Å². The number of fused-ring (bicyclic) bond motifs is 5. The van der Waals surface area contributed by atoms with E-state index in [0.717, 1.165) is 12.2 Å². The number of aliphatic hydroxyl groups is 4. The van der Waals surface area contributed by atoms with Crippen molar-refractivity contribution < 1.29 is 38.8 Å². The number of aliphatic hydroxyl groups excluding tert-OH is 3. The van der Waals surface area contributed by atoms with Crippen LogP contribution in [-0.2, 0) is 9.59 Å². The van der Waals surface area contributed by atoms with Gasteiger partial charge >= 0.3 is 0 Å². The Hall–Kier alpha value is -1.48. The molecule has 0 spiro atoms. The Labute approximate surface area is 166 Å². The molecular formula is C21H26F2O6. The Morgan fingerprint density at radius 1 is 1.21 bits per heavy atom. The summed E-state index contributed by atoms with van der Waals surface area (Å²) in [5.74, 6) is -3.37. The number of Topliss-reactive ketones (excluding diaryl/α,β-unsaturated/α-hetero) is 1. The first-order valence-corrected chi connectivity index (χ1v) is 9.88. The summed E-state index contributed by atoms with van der Waals surface area (Å²) in [4.78, 5) is 24.2. The Balaban J connectivity index is 1.87. The molecule has 0 bridgehead atoms. The predicted molar refractivity (Wildman–Crippen MR) is 97.1 cm³/mol. The number of carbonyl (C=O) groups is 2.